The molecule has 0 fully saturated rings. The minimum absolute atomic E-state index is 0.281. The van der Waals surface area contributed by atoms with Crippen LogP contribution in [0.4, 0.5) is 9.52 Å². The van der Waals surface area contributed by atoms with Gasteiger partial charge in [0.1, 0.15) is 18.2 Å². The molecule has 0 saturated heterocycles. The number of anilines is 1. The van der Waals surface area contributed by atoms with E-state index in [-0.39, 0.29) is 12.4 Å². The summed E-state index contributed by atoms with van der Waals surface area (Å²) in [6.07, 6.45) is 1.71. The number of halogens is 2. The third kappa shape index (κ3) is 5.11. The fraction of sp³-hybridized carbons (Fsp3) is 0.111. The fourth-order valence-corrected chi connectivity index (χ4v) is 3.03. The van der Waals surface area contributed by atoms with Crippen molar-refractivity contribution in [2.24, 2.45) is 5.10 Å². The number of thiazole rings is 1. The van der Waals surface area contributed by atoms with Crippen LogP contribution in [0.3, 0.4) is 0 Å². The van der Waals surface area contributed by atoms with E-state index in [1.807, 2.05) is 36.6 Å². The summed E-state index contributed by atoms with van der Waals surface area (Å²) in [6.45, 7) is 2.23. The average Bonchev–Trinajstić information content (AvgIpc) is 3.02. The summed E-state index contributed by atoms with van der Waals surface area (Å²) in [5.74, 6) is 0.424. The third-order valence-corrected chi connectivity index (χ3v) is 4.91. The number of hydrazone groups is 1. The number of hydrogen-bond donors (Lipinski definition) is 1. The number of ether oxygens (including phenoxy) is 1. The summed E-state index contributed by atoms with van der Waals surface area (Å²) < 4.78 is 19.8. The molecule has 2 aromatic carbocycles. The zero-order chi connectivity index (χ0) is 17.6. The SMILES string of the molecule is Cc1csc(NN=Cc2ccc(OCc3cc(F)ccc3Br)cc2)n1. The molecular weight excluding hydrogens is 405 g/mol. The van der Waals surface area contributed by atoms with Crippen LogP contribution in [0.5, 0.6) is 5.75 Å². The predicted molar refractivity (Wildman–Crippen MR) is 103 cm³/mol. The number of hydrogen-bond acceptors (Lipinski definition) is 5. The van der Waals surface area contributed by atoms with Crippen LogP contribution in [0, 0.1) is 12.7 Å². The second kappa shape index (κ2) is 8.22. The van der Waals surface area contributed by atoms with Crippen LogP contribution in [0.25, 0.3) is 0 Å². The van der Waals surface area contributed by atoms with E-state index in [0.717, 1.165) is 26.4 Å². The summed E-state index contributed by atoms with van der Waals surface area (Å²) >= 11 is 4.90. The molecule has 25 heavy (non-hydrogen) atoms. The van der Waals surface area contributed by atoms with Gasteiger partial charge in [-0.15, -0.1) is 11.3 Å². The lowest BCUT2D eigenvalue weighted by Gasteiger charge is -2.08. The second-order valence-electron chi connectivity index (χ2n) is 5.26. The Morgan fingerprint density at radius 1 is 1.28 bits per heavy atom. The van der Waals surface area contributed by atoms with Gasteiger partial charge in [0.15, 0.2) is 0 Å². The van der Waals surface area contributed by atoms with E-state index >= 15 is 0 Å². The van der Waals surface area contributed by atoms with Gasteiger partial charge in [-0.3, -0.25) is 5.43 Å². The van der Waals surface area contributed by atoms with Gasteiger partial charge in [-0.05, 0) is 55.0 Å². The molecule has 0 spiro atoms. The minimum Gasteiger partial charge on any atom is -0.489 e. The van der Waals surface area contributed by atoms with Crippen LogP contribution in [0.1, 0.15) is 16.8 Å². The average molecular weight is 420 g/mol. The molecule has 3 rings (SSSR count). The monoisotopic (exact) mass is 419 g/mol. The molecule has 1 N–H and O–H groups in total. The standard InChI is InChI=1S/C18H15BrFN3OS/c1-12-11-25-18(22-12)23-21-9-13-2-5-16(6-3-13)24-10-14-8-15(20)4-7-17(14)19/h2-9,11H,10H2,1H3,(H,22,23). The molecule has 1 heterocycles. The number of rotatable bonds is 6. The maximum Gasteiger partial charge on any atom is 0.203 e. The first-order valence-electron chi connectivity index (χ1n) is 7.48. The van der Waals surface area contributed by atoms with Crippen LogP contribution in [0.2, 0.25) is 0 Å². The van der Waals surface area contributed by atoms with Crippen molar-refractivity contribution in [1.82, 2.24) is 4.98 Å². The van der Waals surface area contributed by atoms with Crippen LogP contribution < -0.4 is 10.2 Å². The molecule has 1 aromatic heterocycles. The molecule has 0 unspecified atom stereocenters. The molecule has 7 heteroatoms. The summed E-state index contributed by atoms with van der Waals surface area (Å²) in [6, 6.07) is 12.0. The Bertz CT molecular complexity index is 880. The largest absolute Gasteiger partial charge is 0.489 e. The van der Waals surface area contributed by atoms with Crippen molar-refractivity contribution in [2.75, 3.05) is 5.43 Å². The van der Waals surface area contributed by atoms with Crippen LogP contribution >= 0.6 is 27.3 Å². The molecule has 4 nitrogen and oxygen atoms in total. The number of nitrogens with zero attached hydrogens (tertiary/aromatic N) is 2. The number of nitrogens with one attached hydrogen (secondary N) is 1. The smallest absolute Gasteiger partial charge is 0.203 e. The quantitative estimate of drug-likeness (QED) is 0.430. The number of aryl methyl sites for hydroxylation is 1. The van der Waals surface area contributed by atoms with Crippen LogP contribution in [-0.4, -0.2) is 11.2 Å². The summed E-state index contributed by atoms with van der Waals surface area (Å²) in [5, 5.41) is 6.87. The Labute approximate surface area is 157 Å². The van der Waals surface area contributed by atoms with Gasteiger partial charge < -0.3 is 4.74 Å². The van der Waals surface area contributed by atoms with E-state index in [1.54, 1.807) is 12.3 Å². The topological polar surface area (TPSA) is 46.5 Å². The molecule has 0 bridgehead atoms. The van der Waals surface area contributed by atoms with Crippen LogP contribution in [-0.2, 0) is 6.61 Å². The Morgan fingerprint density at radius 3 is 2.80 bits per heavy atom. The lowest BCUT2D eigenvalue weighted by atomic mass is 10.2. The van der Waals surface area contributed by atoms with E-state index in [4.69, 9.17) is 4.74 Å². The molecule has 0 aliphatic rings. The van der Waals surface area contributed by atoms with Crippen LogP contribution in [0.15, 0.2) is 57.4 Å². The van der Waals surface area contributed by atoms with Gasteiger partial charge in [0.2, 0.25) is 5.13 Å². The van der Waals surface area contributed by atoms with E-state index in [2.05, 4.69) is 31.4 Å². The molecule has 0 amide bonds. The maximum atomic E-state index is 13.3. The Morgan fingerprint density at radius 2 is 2.08 bits per heavy atom. The molecule has 3 aromatic rings. The van der Waals surface area contributed by atoms with E-state index in [9.17, 15) is 4.39 Å². The molecule has 0 radical (unpaired) electrons. The highest BCUT2D eigenvalue weighted by Gasteiger charge is 2.03. The summed E-state index contributed by atoms with van der Waals surface area (Å²) in [7, 11) is 0. The van der Waals surface area contributed by atoms with Crippen molar-refractivity contribution in [2.45, 2.75) is 13.5 Å². The van der Waals surface area contributed by atoms with Gasteiger partial charge in [-0.2, -0.15) is 5.10 Å². The highest BCUT2D eigenvalue weighted by Crippen LogP contribution is 2.20. The highest BCUT2D eigenvalue weighted by atomic mass is 79.9. The van der Waals surface area contributed by atoms with E-state index in [0.29, 0.717) is 5.75 Å². The number of benzene rings is 2. The second-order valence-corrected chi connectivity index (χ2v) is 6.97. The molecule has 0 aliphatic heterocycles. The molecule has 128 valence electrons. The number of aromatic nitrogens is 1. The Hall–Kier alpha value is -2.25. The van der Waals surface area contributed by atoms with Crippen molar-refractivity contribution < 1.29 is 9.13 Å². The predicted octanol–water partition coefficient (Wildman–Crippen LogP) is 5.38. The molecule has 0 aliphatic carbocycles. The normalized spacial score (nSPS) is 11.0. The van der Waals surface area contributed by atoms with Crippen molar-refractivity contribution in [1.29, 1.82) is 0 Å². The van der Waals surface area contributed by atoms with E-state index < -0.39 is 0 Å². The first kappa shape index (κ1) is 17.6. The molecular formula is C18H15BrFN3OS. The summed E-state index contributed by atoms with van der Waals surface area (Å²) in [4.78, 5) is 4.27. The van der Waals surface area contributed by atoms with Crippen molar-refractivity contribution in [3.8, 4) is 5.75 Å². The van der Waals surface area contributed by atoms with Gasteiger partial charge in [0.25, 0.3) is 0 Å². The Balaban J connectivity index is 1.55. The third-order valence-electron chi connectivity index (χ3n) is 3.28. The van der Waals surface area contributed by atoms with Crippen molar-refractivity contribution >= 4 is 38.6 Å². The first-order valence-corrected chi connectivity index (χ1v) is 9.15. The van der Waals surface area contributed by atoms with Gasteiger partial charge in [-0.1, -0.05) is 15.9 Å². The van der Waals surface area contributed by atoms with Gasteiger partial charge in [0.05, 0.1) is 11.9 Å². The van der Waals surface area contributed by atoms with Gasteiger partial charge >= 0.3 is 0 Å². The van der Waals surface area contributed by atoms with Gasteiger partial charge in [-0.25, -0.2) is 9.37 Å². The lowest BCUT2D eigenvalue weighted by Crippen LogP contribution is -1.97. The summed E-state index contributed by atoms with van der Waals surface area (Å²) in [5.41, 5.74) is 5.55. The molecule has 0 atom stereocenters. The van der Waals surface area contributed by atoms with Gasteiger partial charge in [0, 0.05) is 15.4 Å². The maximum absolute atomic E-state index is 13.3. The first-order chi connectivity index (χ1) is 12.1. The van der Waals surface area contributed by atoms with Crippen molar-refractivity contribution in [3.05, 3.63) is 75.0 Å². The lowest BCUT2D eigenvalue weighted by molar-refractivity contribution is 0.305. The Kier molecular flexibility index (Phi) is 5.78. The zero-order valence-corrected chi connectivity index (χ0v) is 15.8. The van der Waals surface area contributed by atoms with E-state index in [1.165, 1.54) is 23.5 Å². The van der Waals surface area contributed by atoms with Crippen molar-refractivity contribution in [3.63, 3.8) is 0 Å². The minimum atomic E-state index is -0.281. The molecule has 0 saturated carbocycles. The fourth-order valence-electron chi connectivity index (χ4n) is 2.03. The highest BCUT2D eigenvalue weighted by molar-refractivity contribution is 9.10. The zero-order valence-electron chi connectivity index (χ0n) is 13.4.